The average molecular weight is 308 g/mol. The van der Waals surface area contributed by atoms with Gasteiger partial charge in [0.15, 0.2) is 0 Å². The van der Waals surface area contributed by atoms with Gasteiger partial charge in [-0.1, -0.05) is 0 Å². The van der Waals surface area contributed by atoms with Crippen molar-refractivity contribution < 1.29 is 14.7 Å². The standard InChI is InChI=1S/C15H20N2O3S/c1-11-5-10-21-13(11)3-4-14(18)17-8-6-16(7-9-17)12(2)15(19)20/h3-5,10,12H,6-9H2,1-2H3,(H,19,20). The number of nitrogens with zero attached hydrogens (tertiary/aromatic N) is 2. The summed E-state index contributed by atoms with van der Waals surface area (Å²) in [6.45, 7) is 6.05. The van der Waals surface area contributed by atoms with Gasteiger partial charge in [0.05, 0.1) is 0 Å². The molecule has 0 saturated carbocycles. The molecule has 6 heteroatoms. The number of aryl methyl sites for hydroxylation is 1. The third-order valence-corrected chi connectivity index (χ3v) is 4.79. The van der Waals surface area contributed by atoms with E-state index in [4.69, 9.17) is 5.11 Å². The number of piperazine rings is 1. The van der Waals surface area contributed by atoms with Gasteiger partial charge in [0.2, 0.25) is 5.91 Å². The van der Waals surface area contributed by atoms with Gasteiger partial charge in [-0.3, -0.25) is 14.5 Å². The van der Waals surface area contributed by atoms with Crippen molar-refractivity contribution in [3.05, 3.63) is 28.0 Å². The lowest BCUT2D eigenvalue weighted by Gasteiger charge is -2.36. The van der Waals surface area contributed by atoms with E-state index in [1.54, 1.807) is 29.2 Å². The minimum Gasteiger partial charge on any atom is -0.480 e. The summed E-state index contributed by atoms with van der Waals surface area (Å²) in [5.41, 5.74) is 1.17. The van der Waals surface area contributed by atoms with Crippen molar-refractivity contribution >= 4 is 29.3 Å². The van der Waals surface area contributed by atoms with E-state index in [1.165, 1.54) is 5.56 Å². The fourth-order valence-corrected chi connectivity index (χ4v) is 3.11. The van der Waals surface area contributed by atoms with E-state index in [0.717, 1.165) is 4.88 Å². The Balaban J connectivity index is 1.87. The van der Waals surface area contributed by atoms with Gasteiger partial charge >= 0.3 is 5.97 Å². The summed E-state index contributed by atoms with van der Waals surface area (Å²) in [4.78, 5) is 27.8. The summed E-state index contributed by atoms with van der Waals surface area (Å²) < 4.78 is 0. The number of rotatable bonds is 4. The van der Waals surface area contributed by atoms with Crippen LogP contribution in [0.25, 0.3) is 6.08 Å². The first-order valence-corrected chi connectivity index (χ1v) is 7.85. The van der Waals surface area contributed by atoms with Crippen molar-refractivity contribution in [2.45, 2.75) is 19.9 Å². The SMILES string of the molecule is Cc1ccsc1C=CC(=O)N1CCN(C(C)C(=O)O)CC1. The molecule has 1 aliphatic heterocycles. The van der Waals surface area contributed by atoms with E-state index in [2.05, 4.69) is 0 Å². The van der Waals surface area contributed by atoms with Crippen LogP contribution in [0.2, 0.25) is 0 Å². The molecule has 0 aliphatic carbocycles. The molecule has 1 amide bonds. The van der Waals surface area contributed by atoms with E-state index in [-0.39, 0.29) is 5.91 Å². The minimum atomic E-state index is -0.817. The Hall–Kier alpha value is -1.66. The lowest BCUT2D eigenvalue weighted by molar-refractivity contribution is -0.143. The fourth-order valence-electron chi connectivity index (χ4n) is 2.29. The van der Waals surface area contributed by atoms with Crippen molar-refractivity contribution in [2.75, 3.05) is 26.2 Å². The molecular formula is C15H20N2O3S. The minimum absolute atomic E-state index is 0.00886. The molecule has 1 unspecified atom stereocenters. The van der Waals surface area contributed by atoms with E-state index in [1.807, 2.05) is 29.3 Å². The van der Waals surface area contributed by atoms with Crippen LogP contribution in [0.4, 0.5) is 0 Å². The Morgan fingerprint density at radius 2 is 2.00 bits per heavy atom. The summed E-state index contributed by atoms with van der Waals surface area (Å²) in [6, 6.07) is 1.53. The number of carboxylic acid groups (broad SMARTS) is 1. The molecule has 21 heavy (non-hydrogen) atoms. The summed E-state index contributed by atoms with van der Waals surface area (Å²) in [5.74, 6) is -0.826. The summed E-state index contributed by atoms with van der Waals surface area (Å²) in [7, 11) is 0. The maximum absolute atomic E-state index is 12.1. The summed E-state index contributed by atoms with van der Waals surface area (Å²) >= 11 is 1.61. The van der Waals surface area contributed by atoms with Crippen LogP contribution in [0.3, 0.4) is 0 Å². The van der Waals surface area contributed by atoms with Gasteiger partial charge in [-0.2, -0.15) is 0 Å². The number of carboxylic acids is 1. The molecular weight excluding hydrogens is 288 g/mol. The Morgan fingerprint density at radius 1 is 1.33 bits per heavy atom. The van der Waals surface area contributed by atoms with Crippen molar-refractivity contribution in [3.63, 3.8) is 0 Å². The third kappa shape index (κ3) is 3.92. The van der Waals surface area contributed by atoms with Crippen molar-refractivity contribution in [3.8, 4) is 0 Å². The first-order chi connectivity index (χ1) is 9.99. The van der Waals surface area contributed by atoms with E-state index in [9.17, 15) is 9.59 Å². The largest absolute Gasteiger partial charge is 0.480 e. The molecule has 0 bridgehead atoms. The molecule has 0 aromatic carbocycles. The highest BCUT2D eigenvalue weighted by molar-refractivity contribution is 7.11. The number of hydrogen-bond acceptors (Lipinski definition) is 4. The van der Waals surface area contributed by atoms with E-state index >= 15 is 0 Å². The second kappa shape index (κ2) is 6.87. The molecule has 1 atom stereocenters. The smallest absolute Gasteiger partial charge is 0.320 e. The highest BCUT2D eigenvalue weighted by Crippen LogP contribution is 2.17. The predicted molar refractivity (Wildman–Crippen MR) is 83.3 cm³/mol. The Kier molecular flexibility index (Phi) is 5.14. The normalized spacial score (nSPS) is 18.1. The number of carbonyl (C=O) groups excluding carboxylic acids is 1. The van der Waals surface area contributed by atoms with Crippen LogP contribution < -0.4 is 0 Å². The summed E-state index contributed by atoms with van der Waals surface area (Å²) in [6.07, 6.45) is 3.46. The highest BCUT2D eigenvalue weighted by Gasteiger charge is 2.26. The number of amides is 1. The first kappa shape index (κ1) is 15.7. The number of aliphatic carboxylic acids is 1. The quantitative estimate of drug-likeness (QED) is 0.860. The Bertz CT molecular complexity index is 545. The molecule has 1 aliphatic rings. The molecule has 5 nitrogen and oxygen atoms in total. The lowest BCUT2D eigenvalue weighted by atomic mass is 10.2. The Labute approximate surface area is 128 Å². The second-order valence-corrected chi connectivity index (χ2v) is 6.12. The van der Waals surface area contributed by atoms with Gasteiger partial charge in [-0.15, -0.1) is 11.3 Å². The van der Waals surface area contributed by atoms with Gasteiger partial charge < -0.3 is 10.0 Å². The van der Waals surface area contributed by atoms with Crippen LogP contribution in [0.1, 0.15) is 17.4 Å². The zero-order valence-corrected chi connectivity index (χ0v) is 13.1. The maximum atomic E-state index is 12.1. The molecule has 114 valence electrons. The average Bonchev–Trinajstić information content (AvgIpc) is 2.89. The molecule has 1 saturated heterocycles. The third-order valence-electron chi connectivity index (χ3n) is 3.81. The fraction of sp³-hybridized carbons (Fsp3) is 0.467. The second-order valence-electron chi connectivity index (χ2n) is 5.18. The zero-order chi connectivity index (χ0) is 15.4. The van der Waals surface area contributed by atoms with E-state index < -0.39 is 12.0 Å². The van der Waals surface area contributed by atoms with Crippen LogP contribution in [0.5, 0.6) is 0 Å². The van der Waals surface area contributed by atoms with Gasteiger partial charge in [0.25, 0.3) is 0 Å². The molecule has 1 aromatic heterocycles. The number of hydrogen-bond donors (Lipinski definition) is 1. The van der Waals surface area contributed by atoms with Crippen LogP contribution in [-0.2, 0) is 9.59 Å². The highest BCUT2D eigenvalue weighted by atomic mass is 32.1. The number of thiophene rings is 1. The molecule has 2 rings (SSSR count). The Morgan fingerprint density at radius 3 is 2.52 bits per heavy atom. The molecule has 2 heterocycles. The zero-order valence-electron chi connectivity index (χ0n) is 12.3. The molecule has 1 fully saturated rings. The summed E-state index contributed by atoms with van der Waals surface area (Å²) in [5, 5.41) is 11.0. The first-order valence-electron chi connectivity index (χ1n) is 6.97. The van der Waals surface area contributed by atoms with Crippen molar-refractivity contribution in [1.29, 1.82) is 0 Å². The van der Waals surface area contributed by atoms with Gasteiger partial charge in [0, 0.05) is 37.1 Å². The molecule has 0 spiro atoms. The van der Waals surface area contributed by atoms with Gasteiger partial charge in [0.1, 0.15) is 6.04 Å². The van der Waals surface area contributed by atoms with Gasteiger partial charge in [-0.05, 0) is 36.9 Å². The van der Waals surface area contributed by atoms with Crippen LogP contribution >= 0.6 is 11.3 Å². The van der Waals surface area contributed by atoms with Gasteiger partial charge in [-0.25, -0.2) is 0 Å². The molecule has 1 aromatic rings. The molecule has 1 N–H and O–H groups in total. The lowest BCUT2D eigenvalue weighted by Crippen LogP contribution is -2.52. The van der Waals surface area contributed by atoms with Crippen LogP contribution in [-0.4, -0.2) is 59.0 Å². The van der Waals surface area contributed by atoms with Crippen molar-refractivity contribution in [1.82, 2.24) is 9.80 Å². The predicted octanol–water partition coefficient (Wildman–Crippen LogP) is 1.69. The van der Waals surface area contributed by atoms with Crippen LogP contribution in [0.15, 0.2) is 17.5 Å². The number of carbonyl (C=O) groups is 2. The van der Waals surface area contributed by atoms with Crippen molar-refractivity contribution in [2.24, 2.45) is 0 Å². The van der Waals surface area contributed by atoms with Crippen LogP contribution in [0, 0.1) is 6.92 Å². The van der Waals surface area contributed by atoms with E-state index in [0.29, 0.717) is 26.2 Å². The maximum Gasteiger partial charge on any atom is 0.320 e. The molecule has 0 radical (unpaired) electrons. The topological polar surface area (TPSA) is 60.9 Å². The monoisotopic (exact) mass is 308 g/mol.